The first-order chi connectivity index (χ1) is 10.2. The molecule has 2 rings (SSSR count). The molecule has 1 N–H and O–H groups in total. The number of nitrogens with one attached hydrogen (secondary N) is 1. The number of morpholine rings is 1. The normalized spacial score (nSPS) is 21.0. The van der Waals surface area contributed by atoms with Gasteiger partial charge < -0.3 is 19.5 Å². The number of nitrogens with zero attached hydrogens (tertiary/aromatic N) is 1. The Morgan fingerprint density at radius 3 is 2.81 bits per heavy atom. The van der Waals surface area contributed by atoms with Gasteiger partial charge in [-0.2, -0.15) is 0 Å². The van der Waals surface area contributed by atoms with E-state index in [1.807, 2.05) is 25.2 Å². The lowest BCUT2D eigenvalue weighted by molar-refractivity contribution is -0.0447. The smallest absolute Gasteiger partial charge is 0.127 e. The standard InChI is InChI=1S/C16H26N2O3/c1-5-18-8-9-21-15(11-18)16(17-2)13-7-6-12(19-3)10-14(13)20-4/h6-7,10,15-17H,5,8-9,11H2,1-4H3. The molecule has 1 fully saturated rings. The van der Waals surface area contributed by atoms with E-state index in [0.29, 0.717) is 0 Å². The summed E-state index contributed by atoms with van der Waals surface area (Å²) in [6, 6.07) is 6.02. The van der Waals surface area contributed by atoms with Crippen LogP contribution in [-0.2, 0) is 4.74 Å². The Balaban J connectivity index is 2.24. The number of methoxy groups -OCH3 is 2. The van der Waals surface area contributed by atoms with Gasteiger partial charge in [-0.1, -0.05) is 6.92 Å². The van der Waals surface area contributed by atoms with Gasteiger partial charge in [-0.15, -0.1) is 0 Å². The number of benzene rings is 1. The van der Waals surface area contributed by atoms with Gasteiger partial charge in [-0.25, -0.2) is 0 Å². The number of hydrogen-bond acceptors (Lipinski definition) is 5. The molecule has 0 saturated carbocycles. The molecule has 5 nitrogen and oxygen atoms in total. The molecule has 0 spiro atoms. The van der Waals surface area contributed by atoms with Gasteiger partial charge in [-0.05, 0) is 25.7 Å². The summed E-state index contributed by atoms with van der Waals surface area (Å²) in [7, 11) is 5.31. The SMILES string of the molecule is CCN1CCOC(C(NC)c2ccc(OC)cc2OC)C1. The zero-order valence-corrected chi connectivity index (χ0v) is 13.4. The zero-order valence-electron chi connectivity index (χ0n) is 13.4. The Morgan fingerprint density at radius 2 is 2.19 bits per heavy atom. The molecule has 21 heavy (non-hydrogen) atoms. The predicted octanol–water partition coefficient (Wildman–Crippen LogP) is 1.68. The molecule has 0 aromatic heterocycles. The molecule has 0 amide bonds. The van der Waals surface area contributed by atoms with Crippen molar-refractivity contribution in [1.82, 2.24) is 10.2 Å². The number of rotatable bonds is 6. The molecule has 1 aliphatic heterocycles. The minimum atomic E-state index is 0.0974. The van der Waals surface area contributed by atoms with E-state index in [2.05, 4.69) is 17.1 Å². The van der Waals surface area contributed by atoms with Crippen LogP contribution in [0.2, 0.25) is 0 Å². The lowest BCUT2D eigenvalue weighted by Crippen LogP contribution is -2.47. The Morgan fingerprint density at radius 1 is 1.38 bits per heavy atom. The first-order valence-corrected chi connectivity index (χ1v) is 7.46. The number of ether oxygens (including phenoxy) is 3. The van der Waals surface area contributed by atoms with Crippen LogP contribution in [0, 0.1) is 0 Å². The third-order valence-corrected chi connectivity index (χ3v) is 4.08. The zero-order chi connectivity index (χ0) is 15.2. The van der Waals surface area contributed by atoms with Crippen molar-refractivity contribution in [3.05, 3.63) is 23.8 Å². The molecule has 1 heterocycles. The third kappa shape index (κ3) is 3.67. The van der Waals surface area contributed by atoms with Gasteiger partial charge >= 0.3 is 0 Å². The number of likely N-dealkylation sites (N-methyl/N-ethyl adjacent to an activating group) is 2. The van der Waals surface area contributed by atoms with E-state index in [4.69, 9.17) is 14.2 Å². The molecule has 1 aromatic carbocycles. The molecule has 118 valence electrons. The quantitative estimate of drug-likeness (QED) is 0.865. The van der Waals surface area contributed by atoms with Crippen molar-refractivity contribution in [2.45, 2.75) is 19.1 Å². The Labute approximate surface area is 127 Å². The van der Waals surface area contributed by atoms with Crippen molar-refractivity contribution in [1.29, 1.82) is 0 Å². The minimum Gasteiger partial charge on any atom is -0.497 e. The van der Waals surface area contributed by atoms with Gasteiger partial charge in [0.05, 0.1) is 33.0 Å². The van der Waals surface area contributed by atoms with Gasteiger partial charge in [0.15, 0.2) is 0 Å². The van der Waals surface area contributed by atoms with Crippen LogP contribution in [0.1, 0.15) is 18.5 Å². The second-order valence-electron chi connectivity index (χ2n) is 5.18. The van der Waals surface area contributed by atoms with Crippen LogP contribution in [0.3, 0.4) is 0 Å². The molecule has 1 aromatic rings. The van der Waals surface area contributed by atoms with Crippen LogP contribution in [-0.4, -0.2) is 58.5 Å². The first kappa shape index (κ1) is 16.1. The molecular formula is C16H26N2O3. The van der Waals surface area contributed by atoms with Crippen LogP contribution in [0.4, 0.5) is 0 Å². The maximum Gasteiger partial charge on any atom is 0.127 e. The fourth-order valence-electron chi connectivity index (χ4n) is 2.84. The summed E-state index contributed by atoms with van der Waals surface area (Å²) in [4.78, 5) is 2.41. The summed E-state index contributed by atoms with van der Waals surface area (Å²) >= 11 is 0. The molecule has 0 radical (unpaired) electrons. The summed E-state index contributed by atoms with van der Waals surface area (Å²) in [5.74, 6) is 1.62. The van der Waals surface area contributed by atoms with Crippen LogP contribution < -0.4 is 14.8 Å². The Kier molecular flexibility index (Phi) is 5.85. The highest BCUT2D eigenvalue weighted by atomic mass is 16.5. The fraction of sp³-hybridized carbons (Fsp3) is 0.625. The highest BCUT2D eigenvalue weighted by molar-refractivity contribution is 5.43. The van der Waals surface area contributed by atoms with Gasteiger partial charge in [-0.3, -0.25) is 4.90 Å². The summed E-state index contributed by atoms with van der Waals surface area (Å²) in [5, 5.41) is 3.37. The average Bonchev–Trinajstić information content (AvgIpc) is 2.56. The second-order valence-corrected chi connectivity index (χ2v) is 5.18. The fourth-order valence-corrected chi connectivity index (χ4v) is 2.84. The lowest BCUT2D eigenvalue weighted by atomic mass is 9.98. The maximum atomic E-state index is 5.98. The van der Waals surface area contributed by atoms with Crippen molar-refractivity contribution in [2.24, 2.45) is 0 Å². The maximum absolute atomic E-state index is 5.98. The van der Waals surface area contributed by atoms with E-state index in [1.165, 1.54) is 0 Å². The van der Waals surface area contributed by atoms with Crippen molar-refractivity contribution >= 4 is 0 Å². The lowest BCUT2D eigenvalue weighted by Gasteiger charge is -2.37. The second kappa shape index (κ2) is 7.64. The summed E-state index contributed by atoms with van der Waals surface area (Å²) < 4.78 is 16.8. The van der Waals surface area contributed by atoms with Crippen molar-refractivity contribution < 1.29 is 14.2 Å². The summed E-state index contributed by atoms with van der Waals surface area (Å²) in [6.07, 6.45) is 0.117. The molecule has 2 unspecified atom stereocenters. The van der Waals surface area contributed by atoms with Crippen LogP contribution in [0.15, 0.2) is 18.2 Å². The minimum absolute atomic E-state index is 0.0974. The first-order valence-electron chi connectivity index (χ1n) is 7.46. The molecule has 0 bridgehead atoms. The molecule has 1 aliphatic rings. The third-order valence-electron chi connectivity index (χ3n) is 4.08. The molecule has 1 saturated heterocycles. The van der Waals surface area contributed by atoms with E-state index in [-0.39, 0.29) is 12.1 Å². The summed E-state index contributed by atoms with van der Waals surface area (Å²) in [6.45, 7) is 5.94. The highest BCUT2D eigenvalue weighted by Gasteiger charge is 2.29. The van der Waals surface area contributed by atoms with Crippen LogP contribution in [0.5, 0.6) is 11.5 Å². The molecule has 2 atom stereocenters. The Hall–Kier alpha value is -1.30. The van der Waals surface area contributed by atoms with Gasteiger partial charge in [0.1, 0.15) is 11.5 Å². The number of hydrogen-bond donors (Lipinski definition) is 1. The van der Waals surface area contributed by atoms with E-state index in [1.54, 1.807) is 14.2 Å². The van der Waals surface area contributed by atoms with Crippen LogP contribution >= 0.6 is 0 Å². The molecule has 5 heteroatoms. The van der Waals surface area contributed by atoms with Gasteiger partial charge in [0, 0.05) is 24.7 Å². The van der Waals surface area contributed by atoms with E-state index >= 15 is 0 Å². The van der Waals surface area contributed by atoms with Crippen LogP contribution in [0.25, 0.3) is 0 Å². The molecule has 0 aliphatic carbocycles. The van der Waals surface area contributed by atoms with Gasteiger partial charge in [0.2, 0.25) is 0 Å². The van der Waals surface area contributed by atoms with Crippen molar-refractivity contribution in [3.8, 4) is 11.5 Å². The largest absolute Gasteiger partial charge is 0.497 e. The highest BCUT2D eigenvalue weighted by Crippen LogP contribution is 2.32. The van der Waals surface area contributed by atoms with Crippen molar-refractivity contribution in [3.63, 3.8) is 0 Å². The van der Waals surface area contributed by atoms with E-state index in [0.717, 1.165) is 43.3 Å². The monoisotopic (exact) mass is 294 g/mol. The summed E-state index contributed by atoms with van der Waals surface area (Å²) in [5.41, 5.74) is 1.10. The van der Waals surface area contributed by atoms with E-state index < -0.39 is 0 Å². The topological polar surface area (TPSA) is 43.0 Å². The van der Waals surface area contributed by atoms with E-state index in [9.17, 15) is 0 Å². The average molecular weight is 294 g/mol. The Bertz CT molecular complexity index is 453. The molecular weight excluding hydrogens is 268 g/mol. The van der Waals surface area contributed by atoms with Gasteiger partial charge in [0.25, 0.3) is 0 Å². The van der Waals surface area contributed by atoms with Crippen molar-refractivity contribution in [2.75, 3.05) is 47.5 Å². The predicted molar refractivity (Wildman–Crippen MR) is 83.2 cm³/mol.